The molecule has 6 nitrogen and oxygen atoms in total. The lowest BCUT2D eigenvalue weighted by Gasteiger charge is -2.43. The minimum atomic E-state index is 0.211. The molecule has 3 aliphatic heterocycles. The Balaban J connectivity index is 1.33. The standard InChI is InChI=1S/C23H43N5O/c1-2-24-22(26-20-9-15-27(16-10-20)21-7-3-4-8-21)25-19-23(11-17-29-18-12-23)28-13-5-6-14-28/h20-21H,2-19H2,1H3,(H2,24,25,26). The third-order valence-electron chi connectivity index (χ3n) is 7.79. The third-order valence-corrected chi connectivity index (χ3v) is 7.79. The Morgan fingerprint density at radius 3 is 2.31 bits per heavy atom. The Hall–Kier alpha value is -0.850. The zero-order chi connectivity index (χ0) is 19.9. The zero-order valence-corrected chi connectivity index (χ0v) is 18.6. The summed E-state index contributed by atoms with van der Waals surface area (Å²) in [5.41, 5.74) is 0.211. The lowest BCUT2D eigenvalue weighted by Crippen LogP contribution is -2.54. The molecule has 0 spiro atoms. The van der Waals surface area contributed by atoms with Gasteiger partial charge in [0.05, 0.1) is 6.54 Å². The van der Waals surface area contributed by atoms with Crippen molar-refractivity contribution in [2.75, 3.05) is 52.5 Å². The molecule has 4 fully saturated rings. The van der Waals surface area contributed by atoms with E-state index in [0.717, 1.165) is 51.1 Å². The number of nitrogens with one attached hydrogen (secondary N) is 2. The quantitative estimate of drug-likeness (QED) is 0.525. The van der Waals surface area contributed by atoms with Crippen LogP contribution >= 0.6 is 0 Å². The Morgan fingerprint density at radius 1 is 0.966 bits per heavy atom. The first-order valence-corrected chi connectivity index (χ1v) is 12.4. The van der Waals surface area contributed by atoms with Gasteiger partial charge in [-0.3, -0.25) is 9.89 Å². The summed E-state index contributed by atoms with van der Waals surface area (Å²) in [5.74, 6) is 1.02. The van der Waals surface area contributed by atoms with E-state index in [4.69, 9.17) is 9.73 Å². The average Bonchev–Trinajstić information content (AvgIpc) is 3.48. The van der Waals surface area contributed by atoms with Crippen LogP contribution in [0.25, 0.3) is 0 Å². The second-order valence-electron chi connectivity index (χ2n) is 9.62. The molecule has 0 aromatic carbocycles. The van der Waals surface area contributed by atoms with Gasteiger partial charge in [0, 0.05) is 50.5 Å². The first kappa shape index (κ1) is 21.4. The van der Waals surface area contributed by atoms with Crippen molar-refractivity contribution in [2.24, 2.45) is 4.99 Å². The van der Waals surface area contributed by atoms with Crippen LogP contribution in [-0.2, 0) is 4.74 Å². The Labute approximate surface area is 177 Å². The number of hydrogen-bond acceptors (Lipinski definition) is 4. The van der Waals surface area contributed by atoms with Gasteiger partial charge in [-0.15, -0.1) is 0 Å². The van der Waals surface area contributed by atoms with Gasteiger partial charge in [-0.2, -0.15) is 0 Å². The first-order valence-electron chi connectivity index (χ1n) is 12.4. The molecule has 0 bridgehead atoms. The fraction of sp³-hybridized carbons (Fsp3) is 0.957. The highest BCUT2D eigenvalue weighted by Gasteiger charge is 2.39. The molecule has 1 aliphatic carbocycles. The van der Waals surface area contributed by atoms with Crippen LogP contribution < -0.4 is 10.6 Å². The molecule has 166 valence electrons. The van der Waals surface area contributed by atoms with Crippen molar-refractivity contribution in [3.05, 3.63) is 0 Å². The maximum Gasteiger partial charge on any atom is 0.191 e. The van der Waals surface area contributed by atoms with E-state index in [1.807, 2.05) is 0 Å². The molecule has 0 atom stereocenters. The molecule has 0 amide bonds. The van der Waals surface area contributed by atoms with E-state index >= 15 is 0 Å². The Morgan fingerprint density at radius 2 is 1.66 bits per heavy atom. The van der Waals surface area contributed by atoms with Crippen molar-refractivity contribution in [1.29, 1.82) is 0 Å². The lowest BCUT2D eigenvalue weighted by molar-refractivity contribution is -0.0139. The summed E-state index contributed by atoms with van der Waals surface area (Å²) >= 11 is 0. The topological polar surface area (TPSA) is 52.1 Å². The van der Waals surface area contributed by atoms with Crippen LogP contribution in [0, 0.1) is 0 Å². The van der Waals surface area contributed by atoms with E-state index in [-0.39, 0.29) is 5.54 Å². The van der Waals surface area contributed by atoms with Gasteiger partial charge in [0.1, 0.15) is 0 Å². The highest BCUT2D eigenvalue weighted by atomic mass is 16.5. The van der Waals surface area contributed by atoms with E-state index < -0.39 is 0 Å². The average molecular weight is 406 g/mol. The SMILES string of the molecule is CCNC(=NCC1(N2CCCC2)CCOCC1)NC1CCN(C2CCCC2)CC1. The highest BCUT2D eigenvalue weighted by molar-refractivity contribution is 5.80. The van der Waals surface area contributed by atoms with Crippen LogP contribution in [-0.4, -0.2) is 85.9 Å². The maximum atomic E-state index is 5.70. The van der Waals surface area contributed by atoms with Gasteiger partial charge in [-0.25, -0.2) is 0 Å². The largest absolute Gasteiger partial charge is 0.381 e. The minimum absolute atomic E-state index is 0.211. The van der Waals surface area contributed by atoms with E-state index in [0.29, 0.717) is 6.04 Å². The smallest absolute Gasteiger partial charge is 0.191 e. The number of guanidine groups is 1. The summed E-state index contributed by atoms with van der Waals surface area (Å²) in [6, 6.07) is 1.43. The number of aliphatic imine (C=N–C) groups is 1. The number of hydrogen-bond donors (Lipinski definition) is 2. The molecule has 3 saturated heterocycles. The Kier molecular flexibility index (Phi) is 7.71. The number of piperidine rings is 1. The molecule has 2 N–H and O–H groups in total. The van der Waals surface area contributed by atoms with Gasteiger partial charge in [0.15, 0.2) is 5.96 Å². The molecule has 1 saturated carbocycles. The lowest BCUT2D eigenvalue weighted by atomic mass is 9.88. The van der Waals surface area contributed by atoms with Crippen LogP contribution in [0.3, 0.4) is 0 Å². The number of nitrogens with zero attached hydrogens (tertiary/aromatic N) is 3. The van der Waals surface area contributed by atoms with Crippen LogP contribution in [0.2, 0.25) is 0 Å². The summed E-state index contributed by atoms with van der Waals surface area (Å²) in [7, 11) is 0. The third kappa shape index (κ3) is 5.45. The van der Waals surface area contributed by atoms with Crippen LogP contribution in [0.5, 0.6) is 0 Å². The maximum absolute atomic E-state index is 5.70. The monoisotopic (exact) mass is 405 g/mol. The predicted octanol–water partition coefficient (Wildman–Crippen LogP) is 2.59. The van der Waals surface area contributed by atoms with Crippen molar-refractivity contribution in [3.8, 4) is 0 Å². The molecule has 6 heteroatoms. The van der Waals surface area contributed by atoms with Crippen LogP contribution in [0.15, 0.2) is 4.99 Å². The van der Waals surface area contributed by atoms with Gasteiger partial charge in [-0.05, 0) is 71.4 Å². The molecule has 4 rings (SSSR count). The molecular formula is C23H43N5O. The predicted molar refractivity (Wildman–Crippen MR) is 120 cm³/mol. The van der Waals surface area contributed by atoms with Crippen molar-refractivity contribution in [1.82, 2.24) is 20.4 Å². The van der Waals surface area contributed by atoms with Crippen LogP contribution in [0.4, 0.5) is 0 Å². The number of ether oxygens (including phenoxy) is 1. The minimum Gasteiger partial charge on any atom is -0.381 e. The highest BCUT2D eigenvalue weighted by Crippen LogP contribution is 2.32. The molecule has 29 heavy (non-hydrogen) atoms. The molecule has 4 aliphatic rings. The summed E-state index contributed by atoms with van der Waals surface area (Å²) in [6.07, 6.45) is 13.1. The van der Waals surface area contributed by atoms with E-state index in [2.05, 4.69) is 27.4 Å². The molecule has 0 aromatic heterocycles. The fourth-order valence-corrected chi connectivity index (χ4v) is 5.94. The van der Waals surface area contributed by atoms with Crippen molar-refractivity contribution in [3.63, 3.8) is 0 Å². The van der Waals surface area contributed by atoms with Crippen molar-refractivity contribution >= 4 is 5.96 Å². The second-order valence-corrected chi connectivity index (χ2v) is 9.62. The Bertz CT molecular complexity index is 513. The van der Waals surface area contributed by atoms with Gasteiger partial charge >= 0.3 is 0 Å². The molecule has 3 heterocycles. The number of likely N-dealkylation sites (tertiary alicyclic amines) is 2. The van der Waals surface area contributed by atoms with Gasteiger partial charge in [0.2, 0.25) is 0 Å². The van der Waals surface area contributed by atoms with Gasteiger partial charge < -0.3 is 20.3 Å². The molecule has 0 radical (unpaired) electrons. The normalized spacial score (nSPS) is 28.1. The second kappa shape index (κ2) is 10.5. The number of rotatable bonds is 6. The fourth-order valence-electron chi connectivity index (χ4n) is 5.94. The van der Waals surface area contributed by atoms with Crippen molar-refractivity contribution < 1.29 is 4.74 Å². The molecular weight excluding hydrogens is 362 g/mol. The summed E-state index contributed by atoms with van der Waals surface area (Å²) in [6.45, 7) is 10.7. The molecule has 0 aromatic rings. The van der Waals surface area contributed by atoms with E-state index in [1.165, 1.54) is 77.5 Å². The summed E-state index contributed by atoms with van der Waals surface area (Å²) in [5, 5.41) is 7.30. The van der Waals surface area contributed by atoms with Gasteiger partial charge in [-0.1, -0.05) is 12.8 Å². The first-order chi connectivity index (χ1) is 14.3. The van der Waals surface area contributed by atoms with E-state index in [1.54, 1.807) is 0 Å². The van der Waals surface area contributed by atoms with Crippen LogP contribution in [0.1, 0.15) is 71.1 Å². The zero-order valence-electron chi connectivity index (χ0n) is 18.6. The van der Waals surface area contributed by atoms with Gasteiger partial charge in [0.25, 0.3) is 0 Å². The molecule has 0 unspecified atom stereocenters. The summed E-state index contributed by atoms with van der Waals surface area (Å²) < 4.78 is 5.70. The van der Waals surface area contributed by atoms with E-state index in [9.17, 15) is 0 Å². The summed E-state index contributed by atoms with van der Waals surface area (Å²) in [4.78, 5) is 10.6. The van der Waals surface area contributed by atoms with Crippen molar-refractivity contribution in [2.45, 2.75) is 88.8 Å².